The average Bonchev–Trinajstić information content (AvgIpc) is 3.21. The Morgan fingerprint density at radius 2 is 1.15 bits per heavy atom. The number of carboxylic acids is 1. The van der Waals surface area contributed by atoms with Gasteiger partial charge in [-0.25, -0.2) is 0 Å². The molecule has 0 aliphatic carbocycles. The van der Waals surface area contributed by atoms with E-state index in [2.05, 4.69) is 0 Å². The minimum absolute atomic E-state index is 0.0129. The van der Waals surface area contributed by atoms with Crippen LogP contribution in [0.1, 0.15) is 176 Å². The quantitative estimate of drug-likeness (QED) is 0.180. The van der Waals surface area contributed by atoms with Crippen molar-refractivity contribution in [2.45, 2.75) is 267 Å². The fraction of sp³-hybridized carbons (Fsp3) is 0.958. The summed E-state index contributed by atoms with van der Waals surface area (Å²) in [6, 6.07) is 0. The molecule has 0 aromatic heterocycles. The topological polar surface area (TPSA) is 294 Å². The van der Waals surface area contributed by atoms with Gasteiger partial charge in [-0.3, -0.25) is 9.59 Å². The molecule has 3 saturated heterocycles. The van der Waals surface area contributed by atoms with E-state index in [1.54, 1.807) is 20.8 Å². The molecular formula is C48H88O17. The number of fused-ring (bicyclic) bond motifs is 2. The second kappa shape index (κ2) is 28.8. The van der Waals surface area contributed by atoms with E-state index >= 15 is 0 Å². The SMILES string of the molecule is C[C@@H]1[C@H](O)[C@H](O[C@H]2CCCCCCCCCCCCCC[C@H](C)[C@@H](O)[C@@H](C)[C@H](C)OC(=O)C[C@H](O)C[C@H](O)CC[C@@H](O)[C@H](O)C[C@H](O)C[C@]3(O)C[C@H](O)[C@@H](C(=O)O)C(C2)O3)O[C@H](C)[C@H]1O. The van der Waals surface area contributed by atoms with E-state index in [0.29, 0.717) is 12.8 Å². The number of hydrogen-bond acceptors (Lipinski definition) is 16. The summed E-state index contributed by atoms with van der Waals surface area (Å²) >= 11 is 0. The molecule has 3 fully saturated rings. The van der Waals surface area contributed by atoms with Crippen LogP contribution in [0.4, 0.5) is 0 Å². The Morgan fingerprint density at radius 3 is 1.74 bits per heavy atom. The zero-order chi connectivity index (χ0) is 48.4. The number of carbonyl (C=O) groups is 2. The zero-order valence-corrected chi connectivity index (χ0v) is 39.8. The second-order valence-corrected chi connectivity index (χ2v) is 20.2. The molecule has 17 heteroatoms. The molecule has 382 valence electrons. The van der Waals surface area contributed by atoms with Crippen LogP contribution in [0.25, 0.3) is 0 Å². The summed E-state index contributed by atoms with van der Waals surface area (Å²) in [5.41, 5.74) is 0. The van der Waals surface area contributed by atoms with E-state index in [4.69, 9.17) is 18.9 Å². The number of esters is 1. The van der Waals surface area contributed by atoms with Crippen molar-refractivity contribution in [2.24, 2.45) is 23.7 Å². The Labute approximate surface area is 386 Å². The Balaban J connectivity index is 1.71. The Bertz CT molecular complexity index is 1340. The van der Waals surface area contributed by atoms with Crippen LogP contribution in [0.5, 0.6) is 0 Å². The fourth-order valence-corrected chi connectivity index (χ4v) is 9.89. The third-order valence-electron chi connectivity index (χ3n) is 14.4. The minimum atomic E-state index is -2.24. The number of hydrogen-bond donors (Lipinski definition) is 11. The lowest BCUT2D eigenvalue weighted by Gasteiger charge is -2.45. The van der Waals surface area contributed by atoms with Crippen molar-refractivity contribution in [3.8, 4) is 0 Å². The van der Waals surface area contributed by atoms with Crippen LogP contribution in [0.3, 0.4) is 0 Å². The molecule has 3 aliphatic rings. The number of cyclic esters (lactones) is 1. The smallest absolute Gasteiger partial charge is 0.311 e. The first-order chi connectivity index (χ1) is 30.6. The van der Waals surface area contributed by atoms with Crippen molar-refractivity contribution < 1.29 is 84.7 Å². The molecule has 2 bridgehead atoms. The largest absolute Gasteiger partial charge is 0.481 e. The number of carboxylic acid groups (broad SMARTS) is 1. The molecule has 3 aliphatic heterocycles. The standard InChI is InChI=1S/C48H88O17/c1-28-18-16-14-12-10-8-6-7-9-11-13-15-17-19-36(64-47-45(58)30(3)44(57)32(5)63-47)25-40-42(46(59)60)39(54)27-48(61,65-40)26-35(51)23-38(53)37(52)21-20-33(49)22-34(50)24-41(55)62-31(4)29(2)43(28)56/h28-40,42-45,47,49-54,56-58,61H,6-27H2,1-5H3,(H,59,60)/t28-,29-,30-,31-,32+,33+,34+,35-,36-,37+,38+,39-,40?,42+,43+,44-,45-,47-,48+/m0/s1. The maximum Gasteiger partial charge on any atom is 0.311 e. The molecule has 3 rings (SSSR count). The maximum atomic E-state index is 12.7. The van der Waals surface area contributed by atoms with Crippen molar-refractivity contribution in [2.75, 3.05) is 0 Å². The summed E-state index contributed by atoms with van der Waals surface area (Å²) in [6.45, 7) is 8.88. The Hall–Kier alpha value is -1.58. The summed E-state index contributed by atoms with van der Waals surface area (Å²) in [6.07, 6.45) is -4.55. The third kappa shape index (κ3) is 19.7. The molecular weight excluding hydrogens is 849 g/mol. The Morgan fingerprint density at radius 1 is 0.585 bits per heavy atom. The molecule has 0 amide bonds. The number of ether oxygens (including phenoxy) is 4. The van der Waals surface area contributed by atoms with Crippen molar-refractivity contribution in [1.82, 2.24) is 0 Å². The maximum absolute atomic E-state index is 12.7. The van der Waals surface area contributed by atoms with Crippen LogP contribution in [0.15, 0.2) is 0 Å². The van der Waals surface area contributed by atoms with Gasteiger partial charge in [0.1, 0.15) is 18.1 Å². The molecule has 0 aromatic carbocycles. The molecule has 0 saturated carbocycles. The molecule has 0 aromatic rings. The monoisotopic (exact) mass is 937 g/mol. The normalized spacial score (nSPS) is 43.8. The summed E-state index contributed by atoms with van der Waals surface area (Å²) in [5, 5.41) is 119. The lowest BCUT2D eigenvalue weighted by atomic mass is 9.82. The van der Waals surface area contributed by atoms with Gasteiger partial charge in [0.2, 0.25) is 0 Å². The third-order valence-corrected chi connectivity index (χ3v) is 14.4. The highest BCUT2D eigenvalue weighted by molar-refractivity contribution is 5.71. The molecule has 11 N–H and O–H groups in total. The highest BCUT2D eigenvalue weighted by atomic mass is 16.7. The van der Waals surface area contributed by atoms with E-state index in [1.807, 2.05) is 13.8 Å². The van der Waals surface area contributed by atoms with E-state index < -0.39 is 134 Å². The molecule has 65 heavy (non-hydrogen) atoms. The number of aliphatic hydroxyl groups excluding tert-OH is 9. The van der Waals surface area contributed by atoms with Gasteiger partial charge in [-0.05, 0) is 51.9 Å². The van der Waals surface area contributed by atoms with E-state index in [1.165, 1.54) is 0 Å². The number of carbonyl (C=O) groups excluding carboxylic acids is 1. The first kappa shape index (κ1) is 57.7. The van der Waals surface area contributed by atoms with Gasteiger partial charge in [0.25, 0.3) is 0 Å². The highest BCUT2D eigenvalue weighted by Crippen LogP contribution is 2.39. The lowest BCUT2D eigenvalue weighted by molar-refractivity contribution is -0.314. The van der Waals surface area contributed by atoms with Crippen LogP contribution in [0.2, 0.25) is 0 Å². The van der Waals surface area contributed by atoms with Crippen LogP contribution >= 0.6 is 0 Å². The molecule has 0 radical (unpaired) electrons. The van der Waals surface area contributed by atoms with Gasteiger partial charge in [0.15, 0.2) is 12.1 Å². The number of rotatable bonds is 3. The molecule has 17 nitrogen and oxygen atoms in total. The molecule has 0 spiro atoms. The molecule has 3 heterocycles. The predicted octanol–water partition coefficient (Wildman–Crippen LogP) is 3.59. The van der Waals surface area contributed by atoms with Crippen LogP contribution in [0, 0.1) is 23.7 Å². The first-order valence-electron chi connectivity index (χ1n) is 24.9. The van der Waals surface area contributed by atoms with Crippen molar-refractivity contribution in [3.05, 3.63) is 0 Å². The van der Waals surface area contributed by atoms with Crippen LogP contribution < -0.4 is 0 Å². The summed E-state index contributed by atoms with van der Waals surface area (Å²) in [7, 11) is 0. The van der Waals surface area contributed by atoms with Gasteiger partial charge in [0.05, 0.1) is 73.6 Å². The fourth-order valence-electron chi connectivity index (χ4n) is 9.89. The summed E-state index contributed by atoms with van der Waals surface area (Å²) < 4.78 is 23.7. The van der Waals surface area contributed by atoms with Gasteiger partial charge >= 0.3 is 11.9 Å². The van der Waals surface area contributed by atoms with Crippen molar-refractivity contribution in [1.29, 1.82) is 0 Å². The lowest BCUT2D eigenvalue weighted by Crippen LogP contribution is -2.57. The highest BCUT2D eigenvalue weighted by Gasteiger charge is 2.51. The summed E-state index contributed by atoms with van der Waals surface area (Å²) in [4.78, 5) is 25.2. The van der Waals surface area contributed by atoms with Gasteiger partial charge in [-0.1, -0.05) is 97.8 Å². The predicted molar refractivity (Wildman–Crippen MR) is 239 cm³/mol. The van der Waals surface area contributed by atoms with E-state index in [9.17, 15) is 65.8 Å². The number of aliphatic hydroxyl groups is 10. The second-order valence-electron chi connectivity index (χ2n) is 20.2. The van der Waals surface area contributed by atoms with Gasteiger partial charge in [0, 0.05) is 37.5 Å². The van der Waals surface area contributed by atoms with Crippen molar-refractivity contribution in [3.63, 3.8) is 0 Å². The zero-order valence-electron chi connectivity index (χ0n) is 39.8. The van der Waals surface area contributed by atoms with Gasteiger partial charge in [-0.2, -0.15) is 0 Å². The summed E-state index contributed by atoms with van der Waals surface area (Å²) in [5.74, 6) is -6.66. The molecule has 1 unspecified atom stereocenters. The minimum Gasteiger partial charge on any atom is -0.481 e. The van der Waals surface area contributed by atoms with Crippen LogP contribution in [-0.4, -0.2) is 160 Å². The van der Waals surface area contributed by atoms with E-state index in [0.717, 1.165) is 77.0 Å². The van der Waals surface area contributed by atoms with E-state index in [-0.39, 0.29) is 43.9 Å². The molecule has 19 atom stereocenters. The van der Waals surface area contributed by atoms with Gasteiger partial charge < -0.3 is 75.1 Å². The Kier molecular flexibility index (Phi) is 25.6. The van der Waals surface area contributed by atoms with Crippen LogP contribution in [-0.2, 0) is 28.5 Å². The number of aliphatic carboxylic acids is 1. The van der Waals surface area contributed by atoms with Crippen molar-refractivity contribution >= 4 is 11.9 Å². The average molecular weight is 937 g/mol. The first-order valence-corrected chi connectivity index (χ1v) is 24.9. The van der Waals surface area contributed by atoms with Gasteiger partial charge in [-0.15, -0.1) is 0 Å².